The van der Waals surface area contributed by atoms with Crippen molar-refractivity contribution in [1.82, 2.24) is 0 Å². The molecule has 0 spiro atoms. The van der Waals surface area contributed by atoms with E-state index in [0.717, 1.165) is 20.4 Å². The molecule has 0 aromatic heterocycles. The lowest BCUT2D eigenvalue weighted by atomic mass is 10.1. The Balaban J connectivity index is 2.02. The third-order valence-electron chi connectivity index (χ3n) is 2.73. The Bertz CT molecular complexity index is 568. The lowest BCUT2D eigenvalue weighted by Crippen LogP contribution is -2.11. The average Bonchev–Trinajstić information content (AvgIpc) is 2.36. The van der Waals surface area contributed by atoms with Gasteiger partial charge in [0.25, 0.3) is 0 Å². The number of carbonyl (C=O) groups excluding carboxylic acids is 1. The van der Waals surface area contributed by atoms with Crippen molar-refractivity contribution >= 4 is 28.4 Å². The predicted molar refractivity (Wildman–Crippen MR) is 84.9 cm³/mol. The zero-order valence-electron chi connectivity index (χ0n) is 10.9. The van der Waals surface area contributed by atoms with Crippen molar-refractivity contribution < 1.29 is 9.53 Å². The number of rotatable bonds is 4. The van der Waals surface area contributed by atoms with Gasteiger partial charge in [-0.3, -0.25) is 4.79 Å². The minimum absolute atomic E-state index is 0.00411. The second-order valence-corrected chi connectivity index (χ2v) is 5.79. The molecule has 0 saturated heterocycles. The van der Waals surface area contributed by atoms with Crippen LogP contribution in [0, 0.1) is 17.4 Å². The molecule has 0 amide bonds. The Morgan fingerprint density at radius 1 is 1.05 bits per heavy atom. The van der Waals surface area contributed by atoms with Crippen LogP contribution in [0.1, 0.15) is 21.5 Å². The first-order valence-corrected chi connectivity index (χ1v) is 7.12. The second kappa shape index (κ2) is 6.19. The Labute approximate surface area is 126 Å². The summed E-state index contributed by atoms with van der Waals surface area (Å²) in [6.45, 7) is 4.10. The van der Waals surface area contributed by atoms with Crippen LogP contribution in [-0.4, -0.2) is 12.4 Å². The molecule has 2 rings (SSSR count). The third kappa shape index (κ3) is 4.06. The van der Waals surface area contributed by atoms with Crippen LogP contribution in [-0.2, 0) is 0 Å². The number of ketones is 1. The molecule has 0 unspecified atom stereocenters. The third-order valence-corrected chi connectivity index (χ3v) is 3.45. The van der Waals surface area contributed by atoms with Crippen LogP contribution in [0.4, 0.5) is 0 Å². The lowest BCUT2D eigenvalue weighted by molar-refractivity contribution is 0.0921. The van der Waals surface area contributed by atoms with E-state index in [4.69, 9.17) is 4.74 Å². The van der Waals surface area contributed by atoms with E-state index >= 15 is 0 Å². The molecule has 2 aromatic rings. The van der Waals surface area contributed by atoms with Gasteiger partial charge in [-0.05, 0) is 71.8 Å². The minimum Gasteiger partial charge on any atom is -0.485 e. The molecule has 0 N–H and O–H groups in total. The van der Waals surface area contributed by atoms with Gasteiger partial charge in [0.05, 0.1) is 0 Å². The summed E-state index contributed by atoms with van der Waals surface area (Å²) in [7, 11) is 0. The summed E-state index contributed by atoms with van der Waals surface area (Å²) in [6.07, 6.45) is 0. The summed E-state index contributed by atoms with van der Waals surface area (Å²) in [5.74, 6) is 0.743. The van der Waals surface area contributed by atoms with E-state index in [1.54, 1.807) is 0 Å². The SMILES string of the molecule is Cc1cc(C)cc(OCC(=O)c2ccc(I)cc2)c1. The summed E-state index contributed by atoms with van der Waals surface area (Å²) >= 11 is 2.22. The number of benzene rings is 2. The smallest absolute Gasteiger partial charge is 0.200 e. The number of hydrogen-bond acceptors (Lipinski definition) is 2. The normalized spacial score (nSPS) is 10.3. The average molecular weight is 366 g/mol. The zero-order valence-corrected chi connectivity index (χ0v) is 13.1. The highest BCUT2D eigenvalue weighted by Gasteiger charge is 2.07. The van der Waals surface area contributed by atoms with Gasteiger partial charge in [-0.15, -0.1) is 0 Å². The summed E-state index contributed by atoms with van der Waals surface area (Å²) in [5, 5.41) is 0. The van der Waals surface area contributed by atoms with E-state index in [1.807, 2.05) is 50.2 Å². The van der Waals surface area contributed by atoms with Crippen LogP contribution in [0.2, 0.25) is 0 Å². The molecule has 0 heterocycles. The first kappa shape index (κ1) is 14.1. The molecular weight excluding hydrogens is 351 g/mol. The quantitative estimate of drug-likeness (QED) is 0.600. The number of ether oxygens (including phenoxy) is 1. The van der Waals surface area contributed by atoms with Gasteiger partial charge in [-0.2, -0.15) is 0 Å². The van der Waals surface area contributed by atoms with Crippen LogP contribution in [0.25, 0.3) is 0 Å². The van der Waals surface area contributed by atoms with Crippen molar-refractivity contribution in [2.45, 2.75) is 13.8 Å². The van der Waals surface area contributed by atoms with Crippen LogP contribution in [0.15, 0.2) is 42.5 Å². The molecule has 2 nitrogen and oxygen atoms in total. The van der Waals surface area contributed by atoms with E-state index < -0.39 is 0 Å². The van der Waals surface area contributed by atoms with E-state index in [2.05, 4.69) is 28.7 Å². The first-order chi connectivity index (χ1) is 9.04. The highest BCUT2D eigenvalue weighted by Crippen LogP contribution is 2.16. The summed E-state index contributed by atoms with van der Waals surface area (Å²) in [4.78, 5) is 12.0. The zero-order chi connectivity index (χ0) is 13.8. The number of carbonyl (C=O) groups is 1. The predicted octanol–water partition coefficient (Wildman–Crippen LogP) is 4.17. The number of hydrogen-bond donors (Lipinski definition) is 0. The molecule has 0 aliphatic heterocycles. The van der Waals surface area contributed by atoms with Crippen LogP contribution in [0.3, 0.4) is 0 Å². The van der Waals surface area contributed by atoms with Crippen molar-refractivity contribution in [1.29, 1.82) is 0 Å². The topological polar surface area (TPSA) is 26.3 Å². The van der Waals surface area contributed by atoms with Crippen molar-refractivity contribution in [3.63, 3.8) is 0 Å². The van der Waals surface area contributed by atoms with E-state index in [1.165, 1.54) is 0 Å². The largest absolute Gasteiger partial charge is 0.485 e. The Hall–Kier alpha value is -1.36. The van der Waals surface area contributed by atoms with Crippen molar-refractivity contribution in [3.8, 4) is 5.75 Å². The van der Waals surface area contributed by atoms with Crippen molar-refractivity contribution in [3.05, 3.63) is 62.7 Å². The Morgan fingerprint density at radius 3 is 2.21 bits per heavy atom. The monoisotopic (exact) mass is 366 g/mol. The number of aryl methyl sites for hydroxylation is 2. The maximum atomic E-state index is 12.0. The summed E-state index contributed by atoms with van der Waals surface area (Å²) < 4.78 is 6.68. The van der Waals surface area contributed by atoms with Gasteiger partial charge in [0.1, 0.15) is 5.75 Å². The van der Waals surface area contributed by atoms with Gasteiger partial charge in [0.2, 0.25) is 0 Å². The number of Topliss-reactive ketones (excluding diaryl/α,β-unsaturated/α-hetero) is 1. The van der Waals surface area contributed by atoms with Crippen LogP contribution >= 0.6 is 22.6 Å². The molecule has 2 aromatic carbocycles. The fourth-order valence-electron chi connectivity index (χ4n) is 1.88. The van der Waals surface area contributed by atoms with E-state index in [-0.39, 0.29) is 12.4 Å². The molecular formula is C16H15IO2. The minimum atomic E-state index is -0.00411. The van der Waals surface area contributed by atoms with Crippen LogP contribution < -0.4 is 4.74 Å². The first-order valence-electron chi connectivity index (χ1n) is 6.04. The molecule has 98 valence electrons. The summed E-state index contributed by atoms with van der Waals surface area (Å²) in [5.41, 5.74) is 2.96. The standard InChI is InChI=1S/C16H15IO2/c1-11-7-12(2)9-15(8-11)19-10-16(18)13-3-5-14(17)6-4-13/h3-9H,10H2,1-2H3. The molecule has 0 aliphatic carbocycles. The molecule has 19 heavy (non-hydrogen) atoms. The van der Waals surface area contributed by atoms with Crippen molar-refractivity contribution in [2.75, 3.05) is 6.61 Å². The highest BCUT2D eigenvalue weighted by atomic mass is 127. The lowest BCUT2D eigenvalue weighted by Gasteiger charge is -2.07. The molecule has 0 radical (unpaired) electrons. The second-order valence-electron chi connectivity index (χ2n) is 4.54. The van der Waals surface area contributed by atoms with Crippen molar-refractivity contribution in [2.24, 2.45) is 0 Å². The Morgan fingerprint density at radius 2 is 1.63 bits per heavy atom. The molecule has 3 heteroatoms. The maximum Gasteiger partial charge on any atom is 0.200 e. The maximum absolute atomic E-state index is 12.0. The Kier molecular flexibility index (Phi) is 4.58. The molecule has 0 atom stereocenters. The van der Waals surface area contributed by atoms with Gasteiger partial charge >= 0.3 is 0 Å². The fraction of sp³-hybridized carbons (Fsp3) is 0.188. The van der Waals surface area contributed by atoms with Gasteiger partial charge in [0.15, 0.2) is 12.4 Å². The van der Waals surface area contributed by atoms with Crippen LogP contribution in [0.5, 0.6) is 5.75 Å². The van der Waals surface area contributed by atoms with Gasteiger partial charge in [0, 0.05) is 9.13 Å². The molecule has 0 bridgehead atoms. The highest BCUT2D eigenvalue weighted by molar-refractivity contribution is 14.1. The van der Waals surface area contributed by atoms with Gasteiger partial charge in [-0.1, -0.05) is 18.2 Å². The van der Waals surface area contributed by atoms with Gasteiger partial charge in [-0.25, -0.2) is 0 Å². The fourth-order valence-corrected chi connectivity index (χ4v) is 2.24. The van der Waals surface area contributed by atoms with Gasteiger partial charge < -0.3 is 4.74 Å². The van der Waals surface area contributed by atoms with E-state index in [9.17, 15) is 4.79 Å². The summed E-state index contributed by atoms with van der Waals surface area (Å²) in [6, 6.07) is 13.5. The molecule has 0 saturated carbocycles. The number of halogens is 1. The van der Waals surface area contributed by atoms with E-state index in [0.29, 0.717) is 5.56 Å². The molecule has 0 fully saturated rings. The molecule has 0 aliphatic rings.